The number of aromatic nitrogens is 2. The van der Waals surface area contributed by atoms with E-state index in [2.05, 4.69) is 41.4 Å². The molecule has 6 N–H and O–H groups in total. The van der Waals surface area contributed by atoms with E-state index in [1.807, 2.05) is 40.1 Å². The van der Waals surface area contributed by atoms with E-state index in [9.17, 15) is 9.18 Å². The highest BCUT2D eigenvalue weighted by molar-refractivity contribution is 5.72. The third-order valence-electron chi connectivity index (χ3n) is 4.63. The highest BCUT2D eigenvalue weighted by atomic mass is 19.1. The number of anilines is 2. The van der Waals surface area contributed by atoms with Crippen molar-refractivity contribution in [1.82, 2.24) is 15.3 Å². The highest BCUT2D eigenvalue weighted by Gasteiger charge is 2.25. The average Bonchev–Trinajstić information content (AvgIpc) is 3.33. The molecule has 198 valence electrons. The number of benzene rings is 1. The minimum absolute atomic E-state index is 0.0394. The Hall–Kier alpha value is -2.78. The van der Waals surface area contributed by atoms with Crippen LogP contribution in [0.25, 0.3) is 0 Å². The van der Waals surface area contributed by atoms with Crippen molar-refractivity contribution in [3.63, 3.8) is 0 Å². The molecule has 1 saturated heterocycles. The molecule has 1 unspecified atom stereocenters. The van der Waals surface area contributed by atoms with Gasteiger partial charge in [-0.25, -0.2) is 14.4 Å². The van der Waals surface area contributed by atoms with Gasteiger partial charge in [0, 0.05) is 43.4 Å². The first kappa shape index (κ1) is 32.2. The number of aryl methyl sites for hydroxylation is 1. The number of nitrogens with zero attached hydrogens (tertiary/aromatic N) is 2. The largest absolute Gasteiger partial charge is 0.397 e. The zero-order valence-corrected chi connectivity index (χ0v) is 22.7. The van der Waals surface area contributed by atoms with E-state index >= 15 is 0 Å². The van der Waals surface area contributed by atoms with Gasteiger partial charge in [0.2, 0.25) is 5.91 Å². The Morgan fingerprint density at radius 2 is 1.83 bits per heavy atom. The van der Waals surface area contributed by atoms with Crippen molar-refractivity contribution in [2.24, 2.45) is 5.73 Å². The van der Waals surface area contributed by atoms with Crippen LogP contribution in [0.5, 0.6) is 0 Å². The van der Waals surface area contributed by atoms with Gasteiger partial charge in [-0.1, -0.05) is 34.6 Å². The van der Waals surface area contributed by atoms with Gasteiger partial charge in [-0.05, 0) is 44.4 Å². The molecule has 0 saturated carbocycles. The number of carbonyl (C=O) groups is 1. The van der Waals surface area contributed by atoms with Gasteiger partial charge in [-0.15, -0.1) is 0 Å². The lowest BCUT2D eigenvalue weighted by Crippen LogP contribution is -2.18. The molecule has 1 aromatic carbocycles. The summed E-state index contributed by atoms with van der Waals surface area (Å²) in [6.45, 7) is 17.3. The van der Waals surface area contributed by atoms with Crippen LogP contribution in [0.4, 0.5) is 15.8 Å². The number of nitrogens with two attached hydrogens (primary N) is 2. The summed E-state index contributed by atoms with van der Waals surface area (Å²) >= 11 is 0. The number of rotatable bonds is 4. The number of nitrogens with one attached hydrogen (secondary N) is 2. The summed E-state index contributed by atoms with van der Waals surface area (Å²) < 4.78 is 19.3. The molecular weight excluding hydrogens is 447 g/mol. The molecule has 0 spiro atoms. The maximum atomic E-state index is 13.8. The number of ether oxygens (including phenoxy) is 1. The highest BCUT2D eigenvalue weighted by Crippen LogP contribution is 2.38. The fourth-order valence-corrected chi connectivity index (χ4v) is 3.06. The van der Waals surface area contributed by atoms with Crippen molar-refractivity contribution in [3.05, 3.63) is 47.3 Å². The van der Waals surface area contributed by atoms with Crippen LogP contribution < -0.4 is 22.1 Å². The van der Waals surface area contributed by atoms with Crippen LogP contribution in [-0.4, -0.2) is 35.7 Å². The number of halogens is 1. The van der Waals surface area contributed by atoms with Crippen molar-refractivity contribution in [2.45, 2.75) is 79.8 Å². The Kier molecular flexibility index (Phi) is 15.4. The van der Waals surface area contributed by atoms with E-state index in [4.69, 9.17) is 16.2 Å². The molecule has 1 atom stereocenters. The van der Waals surface area contributed by atoms with Crippen molar-refractivity contribution in [1.29, 1.82) is 0 Å². The molecule has 1 aliphatic heterocycles. The summed E-state index contributed by atoms with van der Waals surface area (Å²) in [4.78, 5) is 18.4. The topological polar surface area (TPSA) is 128 Å². The maximum Gasteiger partial charge on any atom is 0.216 e. The SMILES string of the molecule is CC.CCNC(C)=O.Cc1cnc(C(C)(C)C)nc1.NCNc1c(N)ccc(F)c1C1CCCO1. The van der Waals surface area contributed by atoms with Gasteiger partial charge >= 0.3 is 0 Å². The average molecular weight is 493 g/mol. The van der Waals surface area contributed by atoms with E-state index < -0.39 is 0 Å². The molecule has 0 radical (unpaired) electrons. The van der Waals surface area contributed by atoms with Crippen LogP contribution in [0.2, 0.25) is 0 Å². The third kappa shape index (κ3) is 12.0. The molecular formula is C26H45FN6O2. The molecule has 35 heavy (non-hydrogen) atoms. The number of nitrogen functional groups attached to an aromatic ring is 1. The quantitative estimate of drug-likeness (QED) is 0.355. The summed E-state index contributed by atoms with van der Waals surface area (Å²) in [7, 11) is 0. The lowest BCUT2D eigenvalue weighted by atomic mass is 9.96. The van der Waals surface area contributed by atoms with Crippen molar-refractivity contribution >= 4 is 17.3 Å². The van der Waals surface area contributed by atoms with Gasteiger partial charge in [0.05, 0.1) is 24.1 Å². The molecule has 8 nitrogen and oxygen atoms in total. The Balaban J connectivity index is 0.000000529. The Morgan fingerprint density at radius 1 is 1.23 bits per heavy atom. The smallest absolute Gasteiger partial charge is 0.216 e. The zero-order chi connectivity index (χ0) is 27.0. The summed E-state index contributed by atoms with van der Waals surface area (Å²) in [6, 6.07) is 2.90. The lowest BCUT2D eigenvalue weighted by Gasteiger charge is -2.18. The Labute approximate surface area is 210 Å². The first-order chi connectivity index (χ1) is 16.5. The van der Waals surface area contributed by atoms with Crippen LogP contribution in [0, 0.1) is 12.7 Å². The predicted octanol–water partition coefficient (Wildman–Crippen LogP) is 4.84. The number of carbonyl (C=O) groups excluding carboxylic acids is 1. The zero-order valence-electron chi connectivity index (χ0n) is 22.7. The Morgan fingerprint density at radius 3 is 2.23 bits per heavy atom. The second-order valence-electron chi connectivity index (χ2n) is 8.73. The minimum atomic E-state index is -0.294. The van der Waals surface area contributed by atoms with Gasteiger partial charge in [-0.3, -0.25) is 4.79 Å². The fourth-order valence-electron chi connectivity index (χ4n) is 3.06. The second kappa shape index (κ2) is 16.8. The van der Waals surface area contributed by atoms with E-state index in [-0.39, 0.29) is 29.9 Å². The van der Waals surface area contributed by atoms with Crippen LogP contribution in [0.15, 0.2) is 24.5 Å². The molecule has 9 heteroatoms. The number of amides is 1. The molecule has 0 aliphatic carbocycles. The standard InChI is InChI=1S/C11H16FN3O.C9H14N2.C4H9NO.C2H6/c12-7-3-4-8(14)11(15-6-13)10(7)9-2-1-5-16-9;1-7-5-10-8(11-6-7)9(2,3)4;1-3-5-4(2)6;1-2/h3-4,9,15H,1-2,5-6,13-14H2;5-6H,1-4H3;3H2,1-2H3,(H,5,6);1-2H3. The van der Waals surface area contributed by atoms with Crippen LogP contribution in [0.1, 0.15) is 84.4 Å². The summed E-state index contributed by atoms with van der Waals surface area (Å²) in [5, 5.41) is 5.46. The normalized spacial score (nSPS) is 14.3. The van der Waals surface area contributed by atoms with Crippen molar-refractivity contribution in [3.8, 4) is 0 Å². The second-order valence-corrected chi connectivity index (χ2v) is 8.73. The first-order valence-corrected chi connectivity index (χ1v) is 12.2. The van der Waals surface area contributed by atoms with Crippen molar-refractivity contribution < 1.29 is 13.9 Å². The number of hydrogen-bond donors (Lipinski definition) is 4. The van der Waals surface area contributed by atoms with E-state index in [1.165, 1.54) is 19.1 Å². The van der Waals surface area contributed by atoms with Gasteiger partial charge in [-0.2, -0.15) is 0 Å². The van der Waals surface area contributed by atoms with E-state index in [0.717, 1.165) is 30.8 Å². The lowest BCUT2D eigenvalue weighted by molar-refractivity contribution is -0.118. The summed E-state index contributed by atoms with van der Waals surface area (Å²) in [6.07, 6.45) is 5.26. The first-order valence-electron chi connectivity index (χ1n) is 12.2. The van der Waals surface area contributed by atoms with Gasteiger partial charge < -0.3 is 26.8 Å². The fraction of sp³-hybridized carbons (Fsp3) is 0.577. The molecule has 1 aromatic heterocycles. The molecule has 3 rings (SSSR count). The Bertz CT molecular complexity index is 863. The molecule has 0 bridgehead atoms. The molecule has 1 aliphatic rings. The van der Waals surface area contributed by atoms with Gasteiger partial charge in [0.25, 0.3) is 0 Å². The molecule has 1 fully saturated rings. The van der Waals surface area contributed by atoms with E-state index in [0.29, 0.717) is 23.5 Å². The third-order valence-corrected chi connectivity index (χ3v) is 4.63. The van der Waals surface area contributed by atoms with Gasteiger partial charge in [0.1, 0.15) is 11.6 Å². The monoisotopic (exact) mass is 492 g/mol. The van der Waals surface area contributed by atoms with Crippen LogP contribution in [-0.2, 0) is 14.9 Å². The molecule has 2 aromatic rings. The molecule has 2 heterocycles. The van der Waals surface area contributed by atoms with Gasteiger partial charge in [0.15, 0.2) is 0 Å². The van der Waals surface area contributed by atoms with Crippen LogP contribution >= 0.6 is 0 Å². The van der Waals surface area contributed by atoms with E-state index in [1.54, 1.807) is 0 Å². The summed E-state index contributed by atoms with van der Waals surface area (Å²) in [5.74, 6) is 0.651. The maximum absolute atomic E-state index is 13.8. The van der Waals surface area contributed by atoms with Crippen LogP contribution in [0.3, 0.4) is 0 Å². The number of hydrogen-bond acceptors (Lipinski definition) is 7. The molecule has 1 amide bonds. The predicted molar refractivity (Wildman–Crippen MR) is 143 cm³/mol. The van der Waals surface area contributed by atoms with Crippen molar-refractivity contribution in [2.75, 3.05) is 30.9 Å². The summed E-state index contributed by atoms with van der Waals surface area (Å²) in [5.41, 5.74) is 14.0. The minimum Gasteiger partial charge on any atom is -0.397 e.